The van der Waals surface area contributed by atoms with Gasteiger partial charge in [-0.25, -0.2) is 0 Å². The van der Waals surface area contributed by atoms with Gasteiger partial charge in [0, 0.05) is 17.1 Å². The zero-order valence-electron chi connectivity index (χ0n) is 13.8. The molecule has 1 atom stereocenters. The van der Waals surface area contributed by atoms with E-state index >= 15 is 0 Å². The van der Waals surface area contributed by atoms with Crippen LogP contribution in [0.25, 0.3) is 10.9 Å². The number of hydrogen-bond acceptors (Lipinski definition) is 2. The summed E-state index contributed by atoms with van der Waals surface area (Å²) in [4.78, 5) is 0. The van der Waals surface area contributed by atoms with Crippen LogP contribution in [0.2, 0.25) is 0 Å². The fraction of sp³-hybridized carbons (Fsp3) is 0.350. The number of nitrogens with zero attached hydrogens (tertiary/aromatic N) is 1. The zero-order valence-corrected chi connectivity index (χ0v) is 13.8. The molecule has 2 aromatic carbocycles. The second-order valence-corrected chi connectivity index (χ2v) is 6.95. The third-order valence-electron chi connectivity index (χ3n) is 4.91. The Kier molecular flexibility index (Phi) is 3.56. The first-order chi connectivity index (χ1) is 11.2. The highest BCUT2D eigenvalue weighted by Gasteiger charge is 2.20. The van der Waals surface area contributed by atoms with E-state index in [9.17, 15) is 0 Å². The smallest absolute Gasteiger partial charge is 0.0653 e. The highest BCUT2D eigenvalue weighted by molar-refractivity contribution is 5.78. The van der Waals surface area contributed by atoms with Gasteiger partial charge in [0.15, 0.2) is 0 Å². The molecule has 2 N–H and O–H groups in total. The van der Waals surface area contributed by atoms with Gasteiger partial charge >= 0.3 is 0 Å². The molecule has 0 bridgehead atoms. The van der Waals surface area contributed by atoms with Crippen LogP contribution in [0.4, 0.5) is 5.69 Å². The minimum atomic E-state index is 0.546. The highest BCUT2D eigenvalue weighted by Crippen LogP contribution is 2.31. The lowest BCUT2D eigenvalue weighted by molar-refractivity contribution is 0.675. The van der Waals surface area contributed by atoms with Gasteiger partial charge in [0.05, 0.1) is 11.7 Å². The number of aromatic nitrogens is 2. The van der Waals surface area contributed by atoms with Gasteiger partial charge in [-0.1, -0.05) is 38.1 Å². The van der Waals surface area contributed by atoms with E-state index in [0.717, 1.165) is 24.8 Å². The molecule has 3 aromatic rings. The second kappa shape index (κ2) is 5.73. The monoisotopic (exact) mass is 305 g/mol. The standard InChI is InChI=1S/C20H23N3/c1-13(2)15-6-7-16-10-18(22-19(16)11-15)8-4-14-3-5-17-12-21-23-20(17)9-14/h3,5-7,9,11-13,18,22H,4,8,10H2,1-2H3,(H,21,23). The maximum absolute atomic E-state index is 4.09. The molecule has 0 aliphatic carbocycles. The molecular formula is C20H23N3. The van der Waals surface area contributed by atoms with Crippen LogP contribution in [0.15, 0.2) is 42.6 Å². The van der Waals surface area contributed by atoms with Gasteiger partial charge in [-0.2, -0.15) is 5.10 Å². The molecule has 23 heavy (non-hydrogen) atoms. The Hall–Kier alpha value is -2.29. The molecule has 0 saturated heterocycles. The normalized spacial score (nSPS) is 16.7. The predicted octanol–water partition coefficient (Wildman–Crippen LogP) is 4.66. The molecule has 0 fully saturated rings. The molecule has 1 aliphatic heterocycles. The Balaban J connectivity index is 1.42. The Morgan fingerprint density at radius 1 is 1.17 bits per heavy atom. The molecule has 1 aromatic heterocycles. The third kappa shape index (κ3) is 2.83. The molecule has 0 saturated carbocycles. The maximum Gasteiger partial charge on any atom is 0.0653 e. The van der Waals surface area contributed by atoms with Crippen molar-refractivity contribution in [2.75, 3.05) is 5.32 Å². The van der Waals surface area contributed by atoms with Crippen LogP contribution in [0, 0.1) is 0 Å². The van der Waals surface area contributed by atoms with Crippen LogP contribution in [-0.2, 0) is 12.8 Å². The van der Waals surface area contributed by atoms with E-state index in [4.69, 9.17) is 0 Å². The van der Waals surface area contributed by atoms with E-state index in [0.29, 0.717) is 12.0 Å². The van der Waals surface area contributed by atoms with Gasteiger partial charge in [0.1, 0.15) is 0 Å². The van der Waals surface area contributed by atoms with Gasteiger partial charge in [-0.3, -0.25) is 5.10 Å². The molecule has 3 heteroatoms. The number of H-pyrrole nitrogens is 1. The van der Waals surface area contributed by atoms with Crippen LogP contribution in [0.3, 0.4) is 0 Å². The van der Waals surface area contributed by atoms with E-state index in [1.807, 2.05) is 6.20 Å². The minimum absolute atomic E-state index is 0.546. The number of hydrogen-bond donors (Lipinski definition) is 2. The molecular weight excluding hydrogens is 282 g/mol. The molecule has 0 amide bonds. The van der Waals surface area contributed by atoms with E-state index in [1.54, 1.807) is 0 Å². The molecule has 0 spiro atoms. The van der Waals surface area contributed by atoms with E-state index in [1.165, 1.54) is 27.8 Å². The van der Waals surface area contributed by atoms with Crippen LogP contribution in [-0.4, -0.2) is 16.2 Å². The van der Waals surface area contributed by atoms with Crippen molar-refractivity contribution in [2.24, 2.45) is 0 Å². The van der Waals surface area contributed by atoms with Crippen LogP contribution in [0.5, 0.6) is 0 Å². The van der Waals surface area contributed by atoms with Crippen molar-refractivity contribution in [3.63, 3.8) is 0 Å². The third-order valence-corrected chi connectivity index (χ3v) is 4.91. The summed E-state index contributed by atoms with van der Waals surface area (Å²) in [6, 6.07) is 14.0. The molecule has 4 rings (SSSR count). The van der Waals surface area contributed by atoms with Crippen LogP contribution >= 0.6 is 0 Å². The van der Waals surface area contributed by atoms with Crippen molar-refractivity contribution < 1.29 is 0 Å². The SMILES string of the molecule is CC(C)c1ccc2c(c1)NC(CCc1ccc3cn[nH]c3c1)C2. The first kappa shape index (κ1) is 14.3. The van der Waals surface area contributed by atoms with E-state index in [-0.39, 0.29) is 0 Å². The van der Waals surface area contributed by atoms with E-state index < -0.39 is 0 Å². The van der Waals surface area contributed by atoms with Gasteiger partial charge in [-0.15, -0.1) is 0 Å². The molecule has 1 unspecified atom stereocenters. The van der Waals surface area contributed by atoms with Gasteiger partial charge in [-0.05, 0) is 54.0 Å². The lowest BCUT2D eigenvalue weighted by Gasteiger charge is -2.12. The van der Waals surface area contributed by atoms with Gasteiger partial charge in [0.2, 0.25) is 0 Å². The fourth-order valence-electron chi connectivity index (χ4n) is 3.46. The topological polar surface area (TPSA) is 40.7 Å². The van der Waals surface area contributed by atoms with Gasteiger partial charge in [0.25, 0.3) is 0 Å². The van der Waals surface area contributed by atoms with Crippen molar-refractivity contribution in [1.29, 1.82) is 0 Å². The summed E-state index contributed by atoms with van der Waals surface area (Å²) < 4.78 is 0. The quantitative estimate of drug-likeness (QED) is 0.736. The number of aryl methyl sites for hydroxylation is 1. The summed E-state index contributed by atoms with van der Waals surface area (Å²) >= 11 is 0. The van der Waals surface area contributed by atoms with Crippen LogP contribution < -0.4 is 5.32 Å². The second-order valence-electron chi connectivity index (χ2n) is 6.95. The molecule has 118 valence electrons. The summed E-state index contributed by atoms with van der Waals surface area (Å²) in [6.07, 6.45) is 5.27. The Labute approximate surface area is 137 Å². The Bertz CT molecular complexity index is 832. The summed E-state index contributed by atoms with van der Waals surface area (Å²) in [7, 11) is 0. The number of aromatic amines is 1. The van der Waals surface area contributed by atoms with Crippen molar-refractivity contribution in [2.45, 2.75) is 45.1 Å². The Morgan fingerprint density at radius 3 is 2.96 bits per heavy atom. The predicted molar refractivity (Wildman–Crippen MR) is 96.1 cm³/mol. The van der Waals surface area contributed by atoms with E-state index in [2.05, 4.69) is 65.8 Å². The minimum Gasteiger partial charge on any atom is -0.382 e. The molecule has 0 radical (unpaired) electrons. The average Bonchev–Trinajstić information content (AvgIpc) is 3.17. The number of nitrogens with one attached hydrogen (secondary N) is 2. The number of benzene rings is 2. The summed E-state index contributed by atoms with van der Waals surface area (Å²) in [5.74, 6) is 0.585. The zero-order chi connectivity index (χ0) is 15.8. The highest BCUT2D eigenvalue weighted by atomic mass is 15.1. The molecule has 2 heterocycles. The van der Waals surface area contributed by atoms with Crippen LogP contribution in [0.1, 0.15) is 42.9 Å². The first-order valence-electron chi connectivity index (χ1n) is 8.50. The molecule has 1 aliphatic rings. The Morgan fingerprint density at radius 2 is 2.09 bits per heavy atom. The van der Waals surface area contributed by atoms with Gasteiger partial charge < -0.3 is 5.32 Å². The number of fused-ring (bicyclic) bond motifs is 2. The summed E-state index contributed by atoms with van der Waals surface area (Å²) in [5, 5.41) is 12.0. The lowest BCUT2D eigenvalue weighted by atomic mass is 9.99. The number of anilines is 1. The first-order valence-corrected chi connectivity index (χ1v) is 8.50. The average molecular weight is 305 g/mol. The lowest BCUT2D eigenvalue weighted by Crippen LogP contribution is -2.16. The number of rotatable bonds is 4. The maximum atomic E-state index is 4.09. The largest absolute Gasteiger partial charge is 0.382 e. The van der Waals surface area contributed by atoms with Crippen molar-refractivity contribution in [3.05, 3.63) is 59.3 Å². The van der Waals surface area contributed by atoms with Crippen molar-refractivity contribution in [1.82, 2.24) is 10.2 Å². The van der Waals surface area contributed by atoms with Crippen molar-refractivity contribution >= 4 is 16.6 Å². The van der Waals surface area contributed by atoms with Crippen molar-refractivity contribution in [3.8, 4) is 0 Å². The summed E-state index contributed by atoms with van der Waals surface area (Å²) in [6.45, 7) is 4.50. The molecule has 3 nitrogen and oxygen atoms in total. The fourth-order valence-corrected chi connectivity index (χ4v) is 3.46. The summed E-state index contributed by atoms with van der Waals surface area (Å²) in [5.41, 5.74) is 6.73.